The molecule has 0 bridgehead atoms. The third-order valence-corrected chi connectivity index (χ3v) is 2.64. The van der Waals surface area contributed by atoms with Crippen LogP contribution in [0, 0.1) is 13.8 Å². The van der Waals surface area contributed by atoms with Gasteiger partial charge >= 0.3 is 0 Å². The number of rotatable bonds is 3. The molecule has 16 heavy (non-hydrogen) atoms. The zero-order chi connectivity index (χ0) is 11.9. The first kappa shape index (κ1) is 18.9. The van der Waals surface area contributed by atoms with Crippen LogP contribution >= 0.6 is 0 Å². The Morgan fingerprint density at radius 3 is 2.19 bits per heavy atom. The summed E-state index contributed by atoms with van der Waals surface area (Å²) >= 11 is 0. The van der Waals surface area contributed by atoms with E-state index in [2.05, 4.69) is 18.7 Å². The maximum atomic E-state index is 10.6. The van der Waals surface area contributed by atoms with E-state index < -0.39 is 5.60 Å². The van der Waals surface area contributed by atoms with Gasteiger partial charge in [0.15, 0.2) is 0 Å². The predicted octanol–water partition coefficient (Wildman–Crippen LogP) is 1.46. The Labute approximate surface area is 125 Å². The van der Waals surface area contributed by atoms with Crippen molar-refractivity contribution in [3.8, 4) is 0 Å². The largest absolute Gasteiger partial charge is 0.390 e. The van der Waals surface area contributed by atoms with Crippen molar-refractivity contribution in [1.82, 2.24) is 4.90 Å². The molecule has 1 fully saturated rings. The normalized spacial score (nSPS) is 19.0. The molecule has 4 heteroatoms. The van der Waals surface area contributed by atoms with E-state index in [1.807, 2.05) is 6.92 Å². The van der Waals surface area contributed by atoms with Crippen molar-refractivity contribution < 1.29 is 42.6 Å². The Kier molecular flexibility index (Phi) is 11.3. The molecule has 1 aliphatic rings. The topological polar surface area (TPSA) is 40.5 Å². The quantitative estimate of drug-likeness (QED) is 0.803. The van der Waals surface area contributed by atoms with Crippen molar-refractivity contribution in [2.45, 2.75) is 38.7 Å². The van der Waals surface area contributed by atoms with Crippen LogP contribution in [-0.4, -0.2) is 41.0 Å². The Morgan fingerprint density at radius 2 is 1.81 bits per heavy atom. The van der Waals surface area contributed by atoms with Crippen LogP contribution < -0.4 is 0 Å². The molecule has 0 aliphatic carbocycles. The van der Waals surface area contributed by atoms with Gasteiger partial charge in [-0.25, -0.2) is 0 Å². The molecule has 0 unspecified atom stereocenters. The summed E-state index contributed by atoms with van der Waals surface area (Å²) in [4.78, 5) is 12.8. The number of ketones is 1. The van der Waals surface area contributed by atoms with Crippen molar-refractivity contribution in [3.63, 3.8) is 0 Å². The standard InChI is InChI=1S/C10H18NO2.C2H5.Y/c1-9(12)3-6-11-7-4-10(2,13)5-8-11;1-2;/h13H,1,3-8H2,2H3;1H2,2H3;/q2*-1;. The number of carbonyl (C=O) groups is 1. The molecule has 0 spiro atoms. The summed E-state index contributed by atoms with van der Waals surface area (Å²) < 4.78 is 0. The van der Waals surface area contributed by atoms with Crippen molar-refractivity contribution in [2.75, 3.05) is 19.6 Å². The minimum Gasteiger partial charge on any atom is -0.390 e. The van der Waals surface area contributed by atoms with Gasteiger partial charge in [-0.2, -0.15) is 6.92 Å². The van der Waals surface area contributed by atoms with Crippen molar-refractivity contribution in [1.29, 1.82) is 0 Å². The second kappa shape index (κ2) is 9.58. The van der Waals surface area contributed by atoms with E-state index in [1.165, 1.54) is 0 Å². The van der Waals surface area contributed by atoms with Gasteiger partial charge in [0.05, 0.1) is 5.60 Å². The van der Waals surface area contributed by atoms with Gasteiger partial charge in [-0.3, -0.25) is 0 Å². The molecule has 0 aromatic heterocycles. The fourth-order valence-electron chi connectivity index (χ4n) is 1.54. The average Bonchev–Trinajstić information content (AvgIpc) is 2.19. The summed E-state index contributed by atoms with van der Waals surface area (Å²) in [6.45, 7) is 12.8. The molecule has 1 saturated heterocycles. The number of likely N-dealkylation sites (tertiary alicyclic amines) is 1. The van der Waals surface area contributed by atoms with Gasteiger partial charge in [-0.15, -0.1) is 0 Å². The summed E-state index contributed by atoms with van der Waals surface area (Å²) in [5, 5.41) is 9.66. The molecule has 0 saturated carbocycles. The molecule has 0 aromatic rings. The SMILES string of the molecule is [CH2-]C.[CH2-]C(=O)CCN1CCC(C)(O)CC1.[Y]. The zero-order valence-electron chi connectivity index (χ0n) is 10.5. The maximum Gasteiger partial charge on any atom is 0.0644 e. The Morgan fingerprint density at radius 1 is 1.38 bits per heavy atom. The van der Waals surface area contributed by atoms with Crippen LogP contribution in [-0.2, 0) is 37.5 Å². The van der Waals surface area contributed by atoms with Gasteiger partial charge in [-0.05, 0) is 32.0 Å². The van der Waals surface area contributed by atoms with E-state index in [0.29, 0.717) is 6.42 Å². The van der Waals surface area contributed by atoms with E-state index in [-0.39, 0.29) is 38.5 Å². The molecule has 0 atom stereocenters. The average molecular weight is 302 g/mol. The molecule has 1 heterocycles. The minimum atomic E-state index is -0.495. The van der Waals surface area contributed by atoms with Gasteiger partial charge in [-0.1, -0.05) is 0 Å². The van der Waals surface area contributed by atoms with E-state index in [4.69, 9.17) is 0 Å². The number of piperidine rings is 1. The van der Waals surface area contributed by atoms with Gasteiger partial charge in [0, 0.05) is 52.3 Å². The van der Waals surface area contributed by atoms with Crippen molar-refractivity contribution >= 4 is 5.78 Å². The first-order chi connectivity index (χ1) is 6.99. The molecule has 1 rings (SSSR count). The number of carbonyl (C=O) groups excluding carboxylic acids is 1. The second-order valence-corrected chi connectivity index (χ2v) is 4.13. The van der Waals surface area contributed by atoms with E-state index >= 15 is 0 Å². The Balaban J connectivity index is 0. The van der Waals surface area contributed by atoms with Crippen LogP contribution in [0.4, 0.5) is 0 Å². The first-order valence-electron chi connectivity index (χ1n) is 5.50. The molecule has 0 aromatic carbocycles. The Bertz CT molecular complexity index is 185. The fourth-order valence-corrected chi connectivity index (χ4v) is 1.54. The summed E-state index contributed by atoms with van der Waals surface area (Å²) in [6.07, 6.45) is 2.14. The van der Waals surface area contributed by atoms with Crippen molar-refractivity contribution in [2.24, 2.45) is 0 Å². The predicted molar refractivity (Wildman–Crippen MR) is 62.3 cm³/mol. The Hall–Kier alpha value is 0.564. The molecule has 0 amide bonds. The van der Waals surface area contributed by atoms with Crippen LogP contribution in [0.15, 0.2) is 0 Å². The third kappa shape index (κ3) is 8.69. The number of nitrogens with zero attached hydrogens (tertiary/aromatic N) is 1. The summed E-state index contributed by atoms with van der Waals surface area (Å²) in [6, 6.07) is 0. The molecule has 1 N–H and O–H groups in total. The van der Waals surface area contributed by atoms with Crippen LogP contribution in [0.25, 0.3) is 0 Å². The van der Waals surface area contributed by atoms with E-state index in [9.17, 15) is 9.90 Å². The van der Waals surface area contributed by atoms with Crippen LogP contribution in [0.2, 0.25) is 0 Å². The molecular formula is C12H23NO2Y-2. The van der Waals surface area contributed by atoms with Crippen LogP contribution in [0.3, 0.4) is 0 Å². The van der Waals surface area contributed by atoms with E-state index in [0.717, 1.165) is 32.5 Å². The summed E-state index contributed by atoms with van der Waals surface area (Å²) in [5.41, 5.74) is -0.495. The summed E-state index contributed by atoms with van der Waals surface area (Å²) in [5.74, 6) is -0.00247. The summed E-state index contributed by atoms with van der Waals surface area (Å²) in [7, 11) is 0. The van der Waals surface area contributed by atoms with Gasteiger partial charge in [0.2, 0.25) is 0 Å². The van der Waals surface area contributed by atoms with Gasteiger partial charge < -0.3 is 28.6 Å². The van der Waals surface area contributed by atoms with Crippen molar-refractivity contribution in [3.05, 3.63) is 13.8 Å². The smallest absolute Gasteiger partial charge is 0.0644 e. The molecular weight excluding hydrogens is 279 g/mol. The fraction of sp³-hybridized carbons (Fsp3) is 0.750. The van der Waals surface area contributed by atoms with Gasteiger partial charge in [0.1, 0.15) is 0 Å². The van der Waals surface area contributed by atoms with Gasteiger partial charge in [0.25, 0.3) is 0 Å². The zero-order valence-corrected chi connectivity index (χ0v) is 13.4. The number of Topliss-reactive ketones (excluding diaryl/α,β-unsaturated/α-hetero) is 1. The van der Waals surface area contributed by atoms with Crippen LogP contribution in [0.5, 0.6) is 0 Å². The number of aliphatic hydroxyl groups is 1. The maximum absolute atomic E-state index is 10.6. The molecule has 1 radical (unpaired) electrons. The first-order valence-corrected chi connectivity index (χ1v) is 5.50. The minimum absolute atomic E-state index is 0. The third-order valence-electron chi connectivity index (χ3n) is 2.64. The monoisotopic (exact) mass is 302 g/mol. The molecule has 93 valence electrons. The number of hydrogen-bond acceptors (Lipinski definition) is 3. The van der Waals surface area contributed by atoms with Crippen LogP contribution in [0.1, 0.15) is 33.1 Å². The number of hydrogen-bond donors (Lipinski definition) is 1. The molecule has 3 nitrogen and oxygen atoms in total. The second-order valence-electron chi connectivity index (χ2n) is 4.13. The molecule has 1 aliphatic heterocycles. The van der Waals surface area contributed by atoms with E-state index in [1.54, 1.807) is 6.92 Å².